The molecule has 9 unspecified atom stereocenters. The third-order valence-corrected chi connectivity index (χ3v) is 28.8. The summed E-state index contributed by atoms with van der Waals surface area (Å²) in [7, 11) is 3.12. The Morgan fingerprint density at radius 2 is 0.851 bits per heavy atom. The van der Waals surface area contributed by atoms with Crippen molar-refractivity contribution in [1.82, 2.24) is 0 Å². The number of halogens is 5. The number of allylic oxidation sites excluding steroid dienone is 1. The van der Waals surface area contributed by atoms with Gasteiger partial charge in [0.05, 0.1) is 135 Å². The number of carbonyl (C=O) groups is 2. The van der Waals surface area contributed by atoms with Gasteiger partial charge in [0, 0.05) is 103 Å². The van der Waals surface area contributed by atoms with Crippen LogP contribution in [0.1, 0.15) is 181 Å². The minimum absolute atomic E-state index is 0. The normalized spacial score (nSPS) is 48.8. The molecular formula is C85H122BrF4InO23. The van der Waals surface area contributed by atoms with E-state index in [0.717, 1.165) is 92.9 Å². The third kappa shape index (κ3) is 17.9. The molecule has 114 heavy (non-hydrogen) atoms. The average Bonchev–Trinajstić information content (AvgIpc) is 1.55. The molecule has 0 aliphatic carbocycles. The van der Waals surface area contributed by atoms with E-state index in [0.29, 0.717) is 69.9 Å². The number of aliphatic hydroxyl groups excluding tert-OH is 3. The van der Waals surface area contributed by atoms with Crippen molar-refractivity contribution in [3.05, 3.63) is 73.9 Å². The van der Waals surface area contributed by atoms with Crippen LogP contribution in [0, 0.1) is 23.7 Å². The summed E-state index contributed by atoms with van der Waals surface area (Å²) < 4.78 is 171. The van der Waals surface area contributed by atoms with Gasteiger partial charge >= 0.3 is 30.7 Å². The van der Waals surface area contributed by atoms with Gasteiger partial charge in [-0.3, -0.25) is 9.59 Å². The van der Waals surface area contributed by atoms with Crippen LogP contribution >= 0.6 is 15.9 Å². The number of ketones is 2. The SMILES string of the molecule is C=C1C[C@@H]2CC[C@@]34C[C@@H]5O[C@@H]6[C@@H](O[C@H]7CCC(CC(=O)C[C@H]8[C@H](CC9O[C@@H](CCC1O2)C[C@@H](C)C9=C)OC(C[C@H](O)CO)[C@@H]8OC)O[C@@H]7[C@@H]6O3)[C@H]5O4.C=CC(F)(F)Br.C=CC(F)(F)C(O)CC1O[C@H]2CC3O[C@@H](CCC4O[C@@H](CC[C@@]56C[C@@H]7O[C@@H]8[C@@H](O[C@H]9CCC(CC(=O)C[C@@H]2[C@H]1OC)O[C@@H]9[C@@H]8O5)[C@H]7O6)CC4=C)C[C@@H](C)C3=C.[InH3]. The summed E-state index contributed by atoms with van der Waals surface area (Å²) in [5.41, 5.74) is 4.20. The number of carbonyl (C=O) groups excluding carboxylic acids is 2. The molecule has 20 rings (SSSR count). The number of fused-ring (bicyclic) bond motifs is 12. The fraction of sp³-hybridized carbons (Fsp3) is 0.835. The molecule has 3 N–H and O–H groups in total. The van der Waals surface area contributed by atoms with Gasteiger partial charge < -0.3 is 101 Å². The second-order valence-corrected chi connectivity index (χ2v) is 37.1. The van der Waals surface area contributed by atoms with E-state index < -0.39 is 83.2 Å². The minimum atomic E-state index is -3.51. The second kappa shape index (κ2) is 35.3. The van der Waals surface area contributed by atoms with Gasteiger partial charge in [-0.1, -0.05) is 53.3 Å². The molecule has 0 saturated carbocycles. The van der Waals surface area contributed by atoms with Crippen molar-refractivity contribution >= 4 is 53.3 Å². The summed E-state index contributed by atoms with van der Waals surface area (Å²) >= 11 is 2.03. The number of aliphatic hydroxyl groups is 3. The molecule has 2 spiro atoms. The number of ether oxygens (including phenoxy) is 18. The number of rotatable bonds is 10. The second-order valence-electron chi connectivity index (χ2n) is 36.1. The van der Waals surface area contributed by atoms with Gasteiger partial charge in [0.25, 0.3) is 5.92 Å². The summed E-state index contributed by atoms with van der Waals surface area (Å²) in [5.74, 6) is -5.39. The van der Waals surface area contributed by atoms with Crippen molar-refractivity contribution in [2.24, 2.45) is 23.7 Å². The van der Waals surface area contributed by atoms with Crippen molar-refractivity contribution in [3.8, 4) is 0 Å². The van der Waals surface area contributed by atoms with E-state index in [-0.39, 0.29) is 241 Å². The molecule has 20 fully saturated rings. The topological polar surface area (TPSA) is 261 Å². The zero-order chi connectivity index (χ0) is 79.5. The van der Waals surface area contributed by atoms with Crippen LogP contribution in [-0.4, -0.2) is 291 Å². The van der Waals surface area contributed by atoms with Crippen molar-refractivity contribution < 1.29 is 128 Å². The van der Waals surface area contributed by atoms with Gasteiger partial charge in [-0.25, -0.2) is 0 Å². The Kier molecular flexibility index (Phi) is 26.9. The fourth-order valence-electron chi connectivity index (χ4n) is 22.7. The molecule has 23 nitrogen and oxygen atoms in total. The molecule has 638 valence electrons. The summed E-state index contributed by atoms with van der Waals surface area (Å²) in [6.45, 7) is 27.7. The summed E-state index contributed by atoms with van der Waals surface area (Å²) in [4.78, 5) is 25.2. The molecule has 0 aromatic rings. The molecule has 20 aliphatic heterocycles. The average molecular weight is 1780 g/mol. The first-order chi connectivity index (χ1) is 54.0. The summed E-state index contributed by atoms with van der Waals surface area (Å²) in [6.07, 6.45) is 4.82. The Hall–Kier alpha value is -1.99. The van der Waals surface area contributed by atoms with Crippen LogP contribution < -0.4 is 0 Å². The van der Waals surface area contributed by atoms with Gasteiger partial charge in [0.2, 0.25) is 0 Å². The maximum absolute atomic E-state index is 14.5. The van der Waals surface area contributed by atoms with E-state index in [1.54, 1.807) is 7.11 Å². The fourth-order valence-corrected chi connectivity index (χ4v) is 22.7. The Morgan fingerprint density at radius 3 is 1.26 bits per heavy atom. The van der Waals surface area contributed by atoms with Crippen LogP contribution in [0.15, 0.2) is 73.9 Å². The van der Waals surface area contributed by atoms with Gasteiger partial charge in [0.1, 0.15) is 78.7 Å². The zero-order valence-corrected chi connectivity index (χ0v) is 67.3. The van der Waals surface area contributed by atoms with E-state index in [2.05, 4.69) is 53.3 Å². The number of hydrogen-bond acceptors (Lipinski definition) is 23. The van der Waals surface area contributed by atoms with Crippen molar-refractivity contribution in [1.29, 1.82) is 0 Å². The van der Waals surface area contributed by atoms with Crippen LogP contribution in [0.4, 0.5) is 17.6 Å². The maximum atomic E-state index is 14.5. The predicted octanol–water partition coefficient (Wildman–Crippen LogP) is 9.75. The number of methoxy groups -OCH3 is 2. The molecule has 20 aliphatic rings. The first-order valence-electron chi connectivity index (χ1n) is 42.1. The quantitative estimate of drug-likeness (QED) is 0.104. The van der Waals surface area contributed by atoms with Crippen molar-refractivity contribution in [3.63, 3.8) is 0 Å². The molecule has 20 heterocycles. The Morgan fingerprint density at radius 1 is 0.465 bits per heavy atom. The van der Waals surface area contributed by atoms with Crippen molar-refractivity contribution in [2.75, 3.05) is 20.8 Å². The van der Waals surface area contributed by atoms with E-state index in [1.165, 1.54) is 7.11 Å². The first-order valence-corrected chi connectivity index (χ1v) is 42.9. The van der Waals surface area contributed by atoms with Gasteiger partial charge in [0.15, 0.2) is 11.6 Å². The Balaban J connectivity index is 0.000000167. The number of hydrogen-bond donors (Lipinski definition) is 3. The summed E-state index contributed by atoms with van der Waals surface area (Å²) in [6, 6.07) is 0. The van der Waals surface area contributed by atoms with Crippen LogP contribution in [0.3, 0.4) is 0 Å². The Bertz CT molecular complexity index is 3490. The number of alkyl halides is 5. The van der Waals surface area contributed by atoms with Gasteiger partial charge in [-0.05, 0) is 152 Å². The molecule has 0 amide bonds. The molecule has 0 radical (unpaired) electrons. The van der Waals surface area contributed by atoms with E-state index >= 15 is 0 Å². The molecule has 0 aromatic heterocycles. The predicted molar refractivity (Wildman–Crippen MR) is 411 cm³/mol. The monoisotopic (exact) mass is 1780 g/mol. The van der Waals surface area contributed by atoms with Crippen LogP contribution in [-0.2, 0) is 94.9 Å². The molecule has 38 atom stereocenters. The molecule has 20 saturated heterocycles. The first kappa shape index (κ1) is 86.9. The molecule has 24 bridgehead atoms. The van der Waals surface area contributed by atoms with E-state index in [9.17, 15) is 42.5 Å². The van der Waals surface area contributed by atoms with Gasteiger partial charge in [-0.15, -0.1) is 0 Å². The van der Waals surface area contributed by atoms with E-state index in [1.807, 2.05) is 15.9 Å². The summed E-state index contributed by atoms with van der Waals surface area (Å²) in [5, 5.41) is 30.6. The van der Waals surface area contributed by atoms with Crippen LogP contribution in [0.5, 0.6) is 0 Å². The van der Waals surface area contributed by atoms with E-state index in [4.69, 9.17) is 85.3 Å². The molecule has 29 heteroatoms. The Labute approximate surface area is 693 Å². The standard InChI is InChI=1S/C42H58F2O11.C40H58O12.C3H3BrF2.In.3H/c1-6-42(43,44)34(46)18-32-35(47-5)27-16-23(45)15-25-8-10-29-36(50-25)40-39-38(52-29)37-33(53-39)19-41(54-37,55-40)12-11-26-14-21(3)28(48-26)9-7-24-13-20(2)22(4)30(49-24)17-31(27)51-32;1-19-11-24-5-7-28-20(2)12-26(45-28)9-10-40-17-33-36(51-40)37-38(50-33)39(52-40)35-29(49-37)8-6-25(47-35)13-22(42)14-27-31(16-30(46-24)21(19)3)48-32(34(27)44-4)15-23(43)18-41;1-2-3(4,5)6;;;;/h6,20,24-40,46H,1,3-4,7-19H2,2,5H3;19,23-39,41,43H,2-3,5-18H2,1,4H3;2H,1H2;;;;/t20-,24+,25?,26+,27+,28?,29+,30?,31+,32?,33+,34?,35-,36+,37+,38+,39-,40+,41+;19-,23+,24+,25?,26+,27+,28?,29+,30?,31+,32?,33+,34-,35+,36+,37+,38-,39+,40+;;;;;/m11...../s1. The molecular weight excluding hydrogens is 1660 g/mol. The zero-order valence-electron chi connectivity index (χ0n) is 65.7. The van der Waals surface area contributed by atoms with Crippen LogP contribution in [0.2, 0.25) is 0 Å². The number of Topliss-reactive ketones (excluding diaryl/α,β-unsaturated/α-hetero) is 2. The van der Waals surface area contributed by atoms with Crippen molar-refractivity contribution in [2.45, 2.75) is 398 Å². The molecule has 0 aromatic carbocycles. The van der Waals surface area contributed by atoms with Crippen LogP contribution in [0.25, 0.3) is 0 Å². The van der Waals surface area contributed by atoms with Gasteiger partial charge in [-0.2, -0.15) is 17.6 Å². The third-order valence-electron chi connectivity index (χ3n) is 28.5.